The Hall–Kier alpha value is -0.200. The fourth-order valence-corrected chi connectivity index (χ4v) is 3.26. The Kier molecular flexibility index (Phi) is 8.27. The zero-order valence-electron chi connectivity index (χ0n) is 15.4. The summed E-state index contributed by atoms with van der Waals surface area (Å²) >= 11 is 0. The van der Waals surface area contributed by atoms with Crippen molar-refractivity contribution in [1.82, 2.24) is 9.80 Å². The van der Waals surface area contributed by atoms with Gasteiger partial charge in [0.1, 0.15) is 0 Å². The first-order valence-electron chi connectivity index (χ1n) is 9.23. The van der Waals surface area contributed by atoms with Crippen molar-refractivity contribution >= 4 is 0 Å². The number of rotatable bonds is 9. The average Bonchev–Trinajstić information content (AvgIpc) is 2.54. The molecule has 5 nitrogen and oxygen atoms in total. The molecule has 2 fully saturated rings. The molecule has 0 radical (unpaired) electrons. The molecule has 0 spiro atoms. The van der Waals surface area contributed by atoms with Gasteiger partial charge >= 0.3 is 0 Å². The van der Waals surface area contributed by atoms with Gasteiger partial charge in [0, 0.05) is 44.7 Å². The van der Waals surface area contributed by atoms with Crippen LogP contribution < -0.4 is 0 Å². The molecule has 23 heavy (non-hydrogen) atoms. The highest BCUT2D eigenvalue weighted by atomic mass is 16.5. The van der Waals surface area contributed by atoms with Gasteiger partial charge in [-0.25, -0.2) is 0 Å². The van der Waals surface area contributed by atoms with Crippen LogP contribution >= 0.6 is 0 Å². The molecule has 0 aromatic rings. The van der Waals surface area contributed by atoms with E-state index in [1.165, 1.54) is 13.0 Å². The zero-order chi connectivity index (χ0) is 16.5. The highest BCUT2D eigenvalue weighted by Gasteiger charge is 2.23. The van der Waals surface area contributed by atoms with E-state index in [4.69, 9.17) is 14.2 Å². The Labute approximate surface area is 142 Å². The van der Waals surface area contributed by atoms with Crippen molar-refractivity contribution < 1.29 is 14.2 Å². The average molecular weight is 328 g/mol. The second-order valence-corrected chi connectivity index (χ2v) is 7.92. The van der Waals surface area contributed by atoms with Crippen LogP contribution in [0.2, 0.25) is 0 Å². The van der Waals surface area contributed by atoms with Crippen LogP contribution in [0.4, 0.5) is 0 Å². The topological polar surface area (TPSA) is 34.2 Å². The third kappa shape index (κ3) is 7.94. The van der Waals surface area contributed by atoms with Gasteiger partial charge in [-0.05, 0) is 18.9 Å². The molecule has 1 unspecified atom stereocenters. The lowest BCUT2D eigenvalue weighted by Gasteiger charge is -2.35. The molecule has 0 aromatic heterocycles. The van der Waals surface area contributed by atoms with Crippen LogP contribution in [0.15, 0.2) is 0 Å². The van der Waals surface area contributed by atoms with Crippen LogP contribution in [-0.2, 0) is 14.2 Å². The SMILES string of the molecule is CC(CCN1CCOCC1)COCC(C)(C)CN1CCOCC1. The van der Waals surface area contributed by atoms with Crippen LogP contribution in [0, 0.1) is 11.3 Å². The molecule has 2 aliphatic heterocycles. The predicted molar refractivity (Wildman–Crippen MR) is 92.9 cm³/mol. The zero-order valence-corrected chi connectivity index (χ0v) is 15.4. The highest BCUT2D eigenvalue weighted by Crippen LogP contribution is 2.19. The van der Waals surface area contributed by atoms with Crippen molar-refractivity contribution in [3.05, 3.63) is 0 Å². The molecular formula is C18H36N2O3. The maximum absolute atomic E-state index is 6.04. The number of hydrogen-bond acceptors (Lipinski definition) is 5. The summed E-state index contributed by atoms with van der Waals surface area (Å²) < 4.78 is 16.9. The predicted octanol–water partition coefficient (Wildman–Crippen LogP) is 1.72. The van der Waals surface area contributed by atoms with Gasteiger partial charge in [-0.3, -0.25) is 9.80 Å². The normalized spacial score (nSPS) is 23.1. The van der Waals surface area contributed by atoms with Gasteiger partial charge < -0.3 is 14.2 Å². The van der Waals surface area contributed by atoms with Gasteiger partial charge in [0.2, 0.25) is 0 Å². The lowest BCUT2D eigenvalue weighted by atomic mass is 9.93. The van der Waals surface area contributed by atoms with Gasteiger partial charge in [-0.2, -0.15) is 0 Å². The monoisotopic (exact) mass is 328 g/mol. The van der Waals surface area contributed by atoms with Crippen molar-refractivity contribution in [2.45, 2.75) is 27.2 Å². The molecule has 2 heterocycles. The van der Waals surface area contributed by atoms with E-state index in [1.54, 1.807) is 0 Å². The quantitative estimate of drug-likeness (QED) is 0.644. The van der Waals surface area contributed by atoms with Crippen molar-refractivity contribution in [1.29, 1.82) is 0 Å². The van der Waals surface area contributed by atoms with E-state index in [2.05, 4.69) is 30.6 Å². The maximum Gasteiger partial charge on any atom is 0.0594 e. The molecule has 0 aromatic carbocycles. The highest BCUT2D eigenvalue weighted by molar-refractivity contribution is 4.75. The summed E-state index contributed by atoms with van der Waals surface area (Å²) in [7, 11) is 0. The van der Waals surface area contributed by atoms with E-state index < -0.39 is 0 Å². The Bertz CT molecular complexity index is 313. The summed E-state index contributed by atoms with van der Waals surface area (Å²) in [5.74, 6) is 0.622. The minimum absolute atomic E-state index is 0.210. The molecule has 136 valence electrons. The second kappa shape index (κ2) is 9.94. The molecule has 2 aliphatic rings. The molecule has 0 aliphatic carbocycles. The molecule has 1 atom stereocenters. The molecular weight excluding hydrogens is 292 g/mol. The van der Waals surface area contributed by atoms with Crippen molar-refractivity contribution in [2.75, 3.05) is 78.9 Å². The smallest absolute Gasteiger partial charge is 0.0594 e. The van der Waals surface area contributed by atoms with Crippen molar-refractivity contribution in [2.24, 2.45) is 11.3 Å². The first-order valence-corrected chi connectivity index (χ1v) is 9.23. The summed E-state index contributed by atoms with van der Waals surface area (Å²) in [6.45, 7) is 18.7. The summed E-state index contributed by atoms with van der Waals surface area (Å²) in [5.41, 5.74) is 0.210. The maximum atomic E-state index is 6.04. The van der Waals surface area contributed by atoms with Crippen LogP contribution in [0.25, 0.3) is 0 Å². The van der Waals surface area contributed by atoms with Gasteiger partial charge in [-0.1, -0.05) is 20.8 Å². The van der Waals surface area contributed by atoms with E-state index >= 15 is 0 Å². The molecule has 0 saturated carbocycles. The third-order valence-corrected chi connectivity index (χ3v) is 4.69. The third-order valence-electron chi connectivity index (χ3n) is 4.69. The molecule has 2 rings (SSSR count). The van der Waals surface area contributed by atoms with Crippen molar-refractivity contribution in [3.8, 4) is 0 Å². The number of hydrogen-bond donors (Lipinski definition) is 0. The fraction of sp³-hybridized carbons (Fsp3) is 1.00. The first-order chi connectivity index (χ1) is 11.1. The Balaban J connectivity index is 1.55. The Morgan fingerprint density at radius 2 is 1.52 bits per heavy atom. The molecule has 0 bridgehead atoms. The minimum Gasteiger partial charge on any atom is -0.381 e. The van der Waals surface area contributed by atoms with E-state index in [1.807, 2.05) is 0 Å². The van der Waals surface area contributed by atoms with Gasteiger partial charge in [-0.15, -0.1) is 0 Å². The number of ether oxygens (including phenoxy) is 3. The Morgan fingerprint density at radius 1 is 0.957 bits per heavy atom. The standard InChI is InChI=1S/C18H36N2O3/c1-17(4-5-19-6-10-21-11-7-19)14-23-16-18(2,3)15-20-8-12-22-13-9-20/h17H,4-16H2,1-3H3. The van der Waals surface area contributed by atoms with Crippen molar-refractivity contribution in [3.63, 3.8) is 0 Å². The molecule has 5 heteroatoms. The van der Waals surface area contributed by atoms with E-state index in [9.17, 15) is 0 Å². The van der Waals surface area contributed by atoms with Crippen LogP contribution in [0.3, 0.4) is 0 Å². The van der Waals surface area contributed by atoms with Crippen LogP contribution in [0.1, 0.15) is 27.2 Å². The molecule has 0 N–H and O–H groups in total. The van der Waals surface area contributed by atoms with Crippen LogP contribution in [-0.4, -0.2) is 88.7 Å². The summed E-state index contributed by atoms with van der Waals surface area (Å²) in [6.07, 6.45) is 1.21. The van der Waals surface area contributed by atoms with E-state index in [0.717, 1.165) is 72.4 Å². The minimum atomic E-state index is 0.210. The second-order valence-electron chi connectivity index (χ2n) is 7.92. The lowest BCUT2D eigenvalue weighted by Crippen LogP contribution is -2.43. The number of nitrogens with zero attached hydrogens (tertiary/aromatic N) is 2. The first kappa shape index (κ1) is 19.1. The van der Waals surface area contributed by atoms with Crippen LogP contribution in [0.5, 0.6) is 0 Å². The summed E-state index contributed by atoms with van der Waals surface area (Å²) in [6, 6.07) is 0. The van der Waals surface area contributed by atoms with Gasteiger partial charge in [0.15, 0.2) is 0 Å². The lowest BCUT2D eigenvalue weighted by molar-refractivity contribution is -0.0109. The molecule has 2 saturated heterocycles. The Morgan fingerprint density at radius 3 is 2.13 bits per heavy atom. The van der Waals surface area contributed by atoms with Gasteiger partial charge in [0.25, 0.3) is 0 Å². The molecule has 0 amide bonds. The summed E-state index contributed by atoms with van der Waals surface area (Å²) in [5, 5.41) is 0. The summed E-state index contributed by atoms with van der Waals surface area (Å²) in [4.78, 5) is 5.00. The van der Waals surface area contributed by atoms with E-state index in [-0.39, 0.29) is 5.41 Å². The number of morpholine rings is 2. The fourth-order valence-electron chi connectivity index (χ4n) is 3.26. The largest absolute Gasteiger partial charge is 0.381 e. The van der Waals surface area contributed by atoms with E-state index in [0.29, 0.717) is 5.92 Å². The van der Waals surface area contributed by atoms with Gasteiger partial charge in [0.05, 0.1) is 33.0 Å².